The second-order valence-electron chi connectivity index (χ2n) is 8.37. The molecule has 1 aromatic carbocycles. The summed E-state index contributed by atoms with van der Waals surface area (Å²) in [6.45, 7) is 5.87. The molecule has 0 radical (unpaired) electrons. The summed E-state index contributed by atoms with van der Waals surface area (Å²) in [4.78, 5) is 26.2. The molecule has 1 atom stereocenters. The molecule has 0 saturated carbocycles. The number of amides is 1. The minimum atomic E-state index is -1.65. The first kappa shape index (κ1) is 17.5. The average Bonchev–Trinajstić information content (AvgIpc) is 3.29. The molecule has 0 bridgehead atoms. The van der Waals surface area contributed by atoms with Gasteiger partial charge in [-0.05, 0) is 39.0 Å². The lowest BCUT2D eigenvalue weighted by molar-refractivity contribution is -0.137. The Labute approximate surface area is 165 Å². The number of benzene rings is 1. The van der Waals surface area contributed by atoms with E-state index in [0.717, 1.165) is 0 Å². The number of aromatic nitrogens is 1. The molecule has 0 saturated heterocycles. The number of nitriles is 1. The van der Waals surface area contributed by atoms with Crippen molar-refractivity contribution in [3.63, 3.8) is 0 Å². The summed E-state index contributed by atoms with van der Waals surface area (Å²) in [5.74, 6) is -1.17. The number of hydrogen-bond donors (Lipinski definition) is 2. The van der Waals surface area contributed by atoms with Gasteiger partial charge in [-0.3, -0.25) is 4.79 Å². The van der Waals surface area contributed by atoms with Crippen molar-refractivity contribution in [3.05, 3.63) is 58.2 Å². The van der Waals surface area contributed by atoms with Crippen molar-refractivity contribution in [2.24, 2.45) is 0 Å². The van der Waals surface area contributed by atoms with E-state index in [9.17, 15) is 19.2 Å². The fourth-order valence-electron chi connectivity index (χ4n) is 4.54. The number of rotatable bonds is 0. The van der Waals surface area contributed by atoms with E-state index in [1.54, 1.807) is 6.20 Å². The number of nitrogens with zero attached hydrogens (tertiary/aromatic N) is 2. The predicted octanol–water partition coefficient (Wildman–Crippen LogP) is 2.73. The predicted molar refractivity (Wildman–Crippen MR) is 102 cm³/mol. The Kier molecular flexibility index (Phi) is 3.17. The molecule has 3 aliphatic rings. The molecule has 1 aromatic heterocycles. The molecule has 7 nitrogen and oxygen atoms in total. The fourth-order valence-corrected chi connectivity index (χ4v) is 4.54. The van der Waals surface area contributed by atoms with E-state index in [0.29, 0.717) is 28.3 Å². The number of cyclic esters (lactones) is 1. The van der Waals surface area contributed by atoms with Crippen LogP contribution in [0, 0.1) is 17.1 Å². The highest BCUT2D eigenvalue weighted by Gasteiger charge is 2.61. The second-order valence-corrected chi connectivity index (χ2v) is 8.37. The Hall–Kier alpha value is -3.60. The van der Waals surface area contributed by atoms with Gasteiger partial charge in [0.05, 0.1) is 16.8 Å². The molecule has 0 fully saturated rings. The van der Waals surface area contributed by atoms with Crippen molar-refractivity contribution >= 4 is 23.4 Å². The number of hydrogen-bond acceptors (Lipinski definition) is 5. The van der Waals surface area contributed by atoms with E-state index in [2.05, 4.69) is 16.7 Å². The molecule has 0 aliphatic carbocycles. The molecule has 8 heteroatoms. The normalized spacial score (nSPS) is 21.9. The lowest BCUT2D eigenvalue weighted by atomic mass is 9.67. The molecule has 1 amide bonds. The van der Waals surface area contributed by atoms with Gasteiger partial charge in [-0.1, -0.05) is 0 Å². The van der Waals surface area contributed by atoms with Crippen LogP contribution in [0.15, 0.2) is 35.7 Å². The van der Waals surface area contributed by atoms with Gasteiger partial charge in [0.1, 0.15) is 29.7 Å². The van der Waals surface area contributed by atoms with Crippen LogP contribution in [0.25, 0.3) is 0 Å². The molecular formula is C21H17FN4O3. The van der Waals surface area contributed by atoms with E-state index < -0.39 is 28.6 Å². The van der Waals surface area contributed by atoms with E-state index in [4.69, 9.17) is 4.74 Å². The smallest absolute Gasteiger partial charge is 0.338 e. The quantitative estimate of drug-likeness (QED) is 0.672. The Morgan fingerprint density at radius 3 is 2.72 bits per heavy atom. The van der Waals surface area contributed by atoms with E-state index in [1.807, 2.05) is 25.3 Å². The largest absolute Gasteiger partial charge is 0.456 e. The standard InChI is InChI=1S/C21H17FN4O3/c1-20(2,3)26-8-10(7-23)15-17(26)24-14-9-29-18(27)16(14)21(15)12-6-11(22)4-5-13(12)25-19(21)28/h4-6,8,24H,9H2,1-3H3,(H,25,28)/t21-/m0/s1. The molecule has 3 aliphatic heterocycles. The third kappa shape index (κ3) is 1.99. The maximum Gasteiger partial charge on any atom is 0.338 e. The Morgan fingerprint density at radius 2 is 2.03 bits per heavy atom. The van der Waals surface area contributed by atoms with Gasteiger partial charge in [-0.25, -0.2) is 9.18 Å². The summed E-state index contributed by atoms with van der Waals surface area (Å²) in [6, 6.07) is 6.10. The topological polar surface area (TPSA) is 96.2 Å². The molecule has 2 N–H and O–H groups in total. The first-order chi connectivity index (χ1) is 13.7. The number of halogens is 1. The minimum absolute atomic E-state index is 0.0233. The van der Waals surface area contributed by atoms with Crippen LogP contribution in [0.3, 0.4) is 0 Å². The zero-order valence-electron chi connectivity index (χ0n) is 16.0. The highest BCUT2D eigenvalue weighted by atomic mass is 19.1. The van der Waals surface area contributed by atoms with Crippen molar-refractivity contribution in [2.45, 2.75) is 31.7 Å². The highest BCUT2D eigenvalue weighted by molar-refractivity contribution is 6.19. The van der Waals surface area contributed by atoms with Crippen LogP contribution < -0.4 is 10.6 Å². The summed E-state index contributed by atoms with van der Waals surface area (Å²) >= 11 is 0. The fraction of sp³-hybridized carbons (Fsp3) is 0.286. The lowest BCUT2D eigenvalue weighted by Crippen LogP contribution is -2.44. The summed E-state index contributed by atoms with van der Waals surface area (Å²) in [7, 11) is 0. The summed E-state index contributed by atoms with van der Waals surface area (Å²) < 4.78 is 21.4. The first-order valence-electron chi connectivity index (χ1n) is 9.15. The van der Waals surface area contributed by atoms with Crippen molar-refractivity contribution in [2.75, 3.05) is 17.2 Å². The van der Waals surface area contributed by atoms with Crippen LogP contribution in [0.1, 0.15) is 37.5 Å². The minimum Gasteiger partial charge on any atom is -0.456 e. The van der Waals surface area contributed by atoms with Gasteiger partial charge in [-0.2, -0.15) is 5.26 Å². The van der Waals surface area contributed by atoms with Crippen LogP contribution in [-0.2, 0) is 25.3 Å². The van der Waals surface area contributed by atoms with Gasteiger partial charge >= 0.3 is 5.97 Å². The van der Waals surface area contributed by atoms with Crippen molar-refractivity contribution in [3.8, 4) is 6.07 Å². The number of fused-ring (bicyclic) bond motifs is 5. The zero-order chi connectivity index (χ0) is 20.7. The van der Waals surface area contributed by atoms with Gasteiger partial charge in [0, 0.05) is 28.6 Å². The third-order valence-corrected chi connectivity index (χ3v) is 5.70. The molecular weight excluding hydrogens is 375 g/mol. The zero-order valence-corrected chi connectivity index (χ0v) is 16.0. The molecule has 2 aromatic rings. The highest BCUT2D eigenvalue weighted by Crippen LogP contribution is 2.56. The van der Waals surface area contributed by atoms with Gasteiger partial charge in [0.2, 0.25) is 5.91 Å². The first-order valence-corrected chi connectivity index (χ1v) is 9.15. The SMILES string of the molecule is CC(C)(C)n1cc(C#N)c2c1NC1=C(C(=O)OC1)[C@@]21C(=O)Nc2ccc(F)cc21. The van der Waals surface area contributed by atoms with E-state index >= 15 is 0 Å². The Morgan fingerprint density at radius 1 is 1.28 bits per heavy atom. The second kappa shape index (κ2) is 5.26. The maximum absolute atomic E-state index is 14.3. The van der Waals surface area contributed by atoms with Crippen LogP contribution >= 0.6 is 0 Å². The van der Waals surface area contributed by atoms with Gasteiger partial charge in [0.15, 0.2) is 0 Å². The van der Waals surface area contributed by atoms with E-state index in [-0.39, 0.29) is 17.7 Å². The van der Waals surface area contributed by atoms with Gasteiger partial charge in [0.25, 0.3) is 0 Å². The lowest BCUT2D eigenvalue weighted by Gasteiger charge is -2.35. The summed E-state index contributed by atoms with van der Waals surface area (Å²) in [6.07, 6.45) is 1.66. The maximum atomic E-state index is 14.3. The van der Waals surface area contributed by atoms with Crippen LogP contribution in [-0.4, -0.2) is 23.1 Å². The van der Waals surface area contributed by atoms with Crippen molar-refractivity contribution < 1.29 is 18.7 Å². The van der Waals surface area contributed by atoms with Crippen LogP contribution in [0.4, 0.5) is 15.9 Å². The molecule has 146 valence electrons. The van der Waals surface area contributed by atoms with Gasteiger partial charge < -0.3 is 19.9 Å². The number of carbonyl (C=O) groups excluding carboxylic acids is 2. The van der Waals surface area contributed by atoms with Crippen molar-refractivity contribution in [1.82, 2.24) is 4.57 Å². The Balaban J connectivity index is 1.97. The van der Waals surface area contributed by atoms with Crippen molar-refractivity contribution in [1.29, 1.82) is 5.26 Å². The number of nitrogens with one attached hydrogen (secondary N) is 2. The summed E-state index contributed by atoms with van der Waals surface area (Å²) in [5, 5.41) is 15.9. The molecule has 4 heterocycles. The number of esters is 1. The van der Waals surface area contributed by atoms with Crippen LogP contribution in [0.5, 0.6) is 0 Å². The molecule has 1 spiro atoms. The molecule has 0 unspecified atom stereocenters. The van der Waals surface area contributed by atoms with Crippen LogP contribution in [0.2, 0.25) is 0 Å². The summed E-state index contributed by atoms with van der Waals surface area (Å²) in [5.41, 5.74) is -0.229. The number of anilines is 2. The van der Waals surface area contributed by atoms with E-state index in [1.165, 1.54) is 18.2 Å². The molecule has 5 rings (SSSR count). The van der Waals surface area contributed by atoms with Gasteiger partial charge in [-0.15, -0.1) is 0 Å². The number of ether oxygens (including phenoxy) is 1. The average molecular weight is 392 g/mol. The third-order valence-electron chi connectivity index (χ3n) is 5.70. The monoisotopic (exact) mass is 392 g/mol. The molecule has 29 heavy (non-hydrogen) atoms. The number of carbonyl (C=O) groups is 2. The Bertz CT molecular complexity index is 1210.